The van der Waals surface area contributed by atoms with Crippen molar-refractivity contribution in [2.45, 2.75) is 32.2 Å². The Balaban J connectivity index is 1.56. The zero-order valence-electron chi connectivity index (χ0n) is 14.1. The van der Waals surface area contributed by atoms with Crippen molar-refractivity contribution in [2.75, 3.05) is 7.05 Å². The van der Waals surface area contributed by atoms with Crippen molar-refractivity contribution in [1.82, 2.24) is 15.2 Å². The number of rotatable bonds is 4. The molecule has 0 saturated carbocycles. The molecular weight excluding hydrogens is 318 g/mol. The summed E-state index contributed by atoms with van der Waals surface area (Å²) >= 11 is 0. The molecule has 1 amide bonds. The van der Waals surface area contributed by atoms with Gasteiger partial charge < -0.3 is 13.9 Å². The summed E-state index contributed by atoms with van der Waals surface area (Å²) in [4.78, 5) is 14.5. The van der Waals surface area contributed by atoms with E-state index in [9.17, 15) is 4.79 Å². The smallest absolute Gasteiger partial charge is 0.259 e. The van der Waals surface area contributed by atoms with Crippen molar-refractivity contribution in [3.05, 3.63) is 59.2 Å². The molecule has 0 saturated heterocycles. The summed E-state index contributed by atoms with van der Waals surface area (Å²) < 4.78 is 10.5. The molecular formula is C19H19N3O3. The van der Waals surface area contributed by atoms with Gasteiger partial charge in [-0.05, 0) is 19.3 Å². The van der Waals surface area contributed by atoms with Crippen LogP contribution in [0.15, 0.2) is 45.6 Å². The van der Waals surface area contributed by atoms with Crippen LogP contribution in [0.5, 0.6) is 0 Å². The van der Waals surface area contributed by atoms with Gasteiger partial charge in [-0.15, -0.1) is 0 Å². The van der Waals surface area contributed by atoms with Crippen LogP contribution >= 0.6 is 0 Å². The van der Waals surface area contributed by atoms with E-state index in [1.165, 1.54) is 11.8 Å². The van der Waals surface area contributed by atoms with Crippen LogP contribution in [0.2, 0.25) is 0 Å². The first-order chi connectivity index (χ1) is 12.2. The first-order valence-corrected chi connectivity index (χ1v) is 8.45. The van der Waals surface area contributed by atoms with Crippen LogP contribution in [0.4, 0.5) is 0 Å². The van der Waals surface area contributed by atoms with Gasteiger partial charge in [-0.3, -0.25) is 4.79 Å². The molecule has 0 bridgehead atoms. The van der Waals surface area contributed by atoms with Crippen LogP contribution in [0.25, 0.3) is 11.3 Å². The molecule has 2 aromatic heterocycles. The second-order valence-corrected chi connectivity index (χ2v) is 6.34. The Labute approximate surface area is 145 Å². The van der Waals surface area contributed by atoms with Gasteiger partial charge in [-0.2, -0.15) is 0 Å². The summed E-state index contributed by atoms with van der Waals surface area (Å²) in [5.74, 6) is 0.824. The minimum absolute atomic E-state index is 0.146. The first kappa shape index (κ1) is 15.6. The van der Waals surface area contributed by atoms with Gasteiger partial charge in [0.1, 0.15) is 29.0 Å². The molecule has 0 aliphatic heterocycles. The third kappa shape index (κ3) is 2.95. The van der Waals surface area contributed by atoms with Crippen LogP contribution in [-0.2, 0) is 19.4 Å². The largest absolute Gasteiger partial charge is 0.363 e. The molecule has 1 aliphatic rings. The highest BCUT2D eigenvalue weighted by molar-refractivity contribution is 5.99. The van der Waals surface area contributed by atoms with E-state index in [0.29, 0.717) is 17.8 Å². The molecule has 1 aliphatic carbocycles. The van der Waals surface area contributed by atoms with E-state index < -0.39 is 0 Å². The Kier molecular flexibility index (Phi) is 4.09. The molecule has 128 valence electrons. The van der Waals surface area contributed by atoms with Gasteiger partial charge in [-0.25, -0.2) is 0 Å². The molecule has 0 radical (unpaired) electrons. The SMILES string of the molecule is CN(Cc1noc2c1CCCC2)C(=O)c1conc1-c1ccccc1. The minimum Gasteiger partial charge on any atom is -0.363 e. The summed E-state index contributed by atoms with van der Waals surface area (Å²) in [5.41, 5.74) is 3.88. The number of aryl methyl sites for hydroxylation is 1. The van der Waals surface area contributed by atoms with E-state index in [-0.39, 0.29) is 5.91 Å². The lowest BCUT2D eigenvalue weighted by Gasteiger charge is -2.17. The Morgan fingerprint density at radius 2 is 1.96 bits per heavy atom. The molecule has 1 aromatic carbocycles. The van der Waals surface area contributed by atoms with Gasteiger partial charge in [0.05, 0.1) is 6.54 Å². The number of hydrogen-bond donors (Lipinski definition) is 0. The monoisotopic (exact) mass is 337 g/mol. The third-order valence-electron chi connectivity index (χ3n) is 4.61. The number of aromatic nitrogens is 2. The van der Waals surface area contributed by atoms with Crippen molar-refractivity contribution in [1.29, 1.82) is 0 Å². The number of hydrogen-bond acceptors (Lipinski definition) is 5. The normalized spacial score (nSPS) is 13.5. The standard InChI is InChI=1S/C19H19N3O3/c1-22(11-16-14-9-5-6-10-17(14)25-20-16)19(23)15-12-24-21-18(15)13-7-3-2-4-8-13/h2-4,7-8,12H,5-6,9-11H2,1H3. The summed E-state index contributed by atoms with van der Waals surface area (Å²) in [7, 11) is 1.76. The van der Waals surface area contributed by atoms with Crippen molar-refractivity contribution in [2.24, 2.45) is 0 Å². The fraction of sp³-hybridized carbons (Fsp3) is 0.316. The number of benzene rings is 1. The van der Waals surface area contributed by atoms with E-state index in [2.05, 4.69) is 10.3 Å². The van der Waals surface area contributed by atoms with E-state index in [4.69, 9.17) is 9.05 Å². The molecule has 3 aromatic rings. The lowest BCUT2D eigenvalue weighted by molar-refractivity contribution is 0.0782. The Morgan fingerprint density at radius 1 is 1.16 bits per heavy atom. The number of carbonyl (C=O) groups is 1. The molecule has 0 N–H and O–H groups in total. The fourth-order valence-electron chi connectivity index (χ4n) is 3.27. The van der Waals surface area contributed by atoms with Gasteiger partial charge in [0.25, 0.3) is 5.91 Å². The number of carbonyl (C=O) groups excluding carboxylic acids is 1. The van der Waals surface area contributed by atoms with Crippen molar-refractivity contribution < 1.29 is 13.8 Å². The molecule has 0 spiro atoms. The molecule has 6 heteroatoms. The highest BCUT2D eigenvalue weighted by Crippen LogP contribution is 2.26. The molecule has 4 rings (SSSR count). The zero-order valence-corrected chi connectivity index (χ0v) is 14.1. The molecule has 6 nitrogen and oxygen atoms in total. The highest BCUT2D eigenvalue weighted by Gasteiger charge is 2.24. The second kappa shape index (κ2) is 6.55. The van der Waals surface area contributed by atoms with E-state index in [0.717, 1.165) is 42.7 Å². The van der Waals surface area contributed by atoms with Gasteiger partial charge in [-0.1, -0.05) is 40.6 Å². The number of nitrogens with zero attached hydrogens (tertiary/aromatic N) is 3. The van der Waals surface area contributed by atoms with E-state index in [1.54, 1.807) is 11.9 Å². The van der Waals surface area contributed by atoms with Crippen LogP contribution in [0.1, 0.15) is 40.2 Å². The maximum Gasteiger partial charge on any atom is 0.259 e. The average molecular weight is 337 g/mol. The van der Waals surface area contributed by atoms with Crippen molar-refractivity contribution >= 4 is 5.91 Å². The highest BCUT2D eigenvalue weighted by atomic mass is 16.5. The average Bonchev–Trinajstić information content (AvgIpc) is 3.29. The van der Waals surface area contributed by atoms with Crippen LogP contribution in [0, 0.1) is 0 Å². The van der Waals surface area contributed by atoms with Crippen LogP contribution in [-0.4, -0.2) is 28.2 Å². The van der Waals surface area contributed by atoms with Crippen LogP contribution < -0.4 is 0 Å². The molecule has 0 atom stereocenters. The summed E-state index contributed by atoms with van der Waals surface area (Å²) in [6.07, 6.45) is 5.59. The number of fused-ring (bicyclic) bond motifs is 1. The van der Waals surface area contributed by atoms with Crippen molar-refractivity contribution in [3.8, 4) is 11.3 Å². The van der Waals surface area contributed by atoms with E-state index >= 15 is 0 Å². The zero-order chi connectivity index (χ0) is 17.2. The van der Waals surface area contributed by atoms with Crippen molar-refractivity contribution in [3.63, 3.8) is 0 Å². The maximum absolute atomic E-state index is 12.9. The van der Waals surface area contributed by atoms with Crippen LogP contribution in [0.3, 0.4) is 0 Å². The van der Waals surface area contributed by atoms with Gasteiger partial charge in [0.2, 0.25) is 0 Å². The molecule has 2 heterocycles. The Morgan fingerprint density at radius 3 is 2.80 bits per heavy atom. The van der Waals surface area contributed by atoms with Gasteiger partial charge >= 0.3 is 0 Å². The quantitative estimate of drug-likeness (QED) is 0.729. The molecule has 25 heavy (non-hydrogen) atoms. The minimum atomic E-state index is -0.146. The lowest BCUT2D eigenvalue weighted by atomic mass is 9.96. The lowest BCUT2D eigenvalue weighted by Crippen LogP contribution is -2.27. The molecule has 0 fully saturated rings. The summed E-state index contributed by atoms with van der Waals surface area (Å²) in [5, 5.41) is 8.17. The maximum atomic E-state index is 12.9. The second-order valence-electron chi connectivity index (χ2n) is 6.34. The fourth-order valence-corrected chi connectivity index (χ4v) is 3.27. The Bertz CT molecular complexity index is 882. The third-order valence-corrected chi connectivity index (χ3v) is 4.61. The predicted octanol–water partition coefficient (Wildman–Crippen LogP) is 3.48. The van der Waals surface area contributed by atoms with Gasteiger partial charge in [0.15, 0.2) is 0 Å². The first-order valence-electron chi connectivity index (χ1n) is 8.45. The summed E-state index contributed by atoms with van der Waals surface area (Å²) in [6, 6.07) is 9.55. The van der Waals surface area contributed by atoms with Gasteiger partial charge in [0, 0.05) is 24.6 Å². The summed E-state index contributed by atoms with van der Waals surface area (Å²) in [6.45, 7) is 0.414. The number of amides is 1. The topological polar surface area (TPSA) is 72.4 Å². The molecule has 0 unspecified atom stereocenters. The predicted molar refractivity (Wildman–Crippen MR) is 90.9 cm³/mol. The van der Waals surface area contributed by atoms with E-state index in [1.807, 2.05) is 30.3 Å². The Hall–Kier alpha value is -2.89.